The van der Waals surface area contributed by atoms with E-state index < -0.39 is 0 Å². The molecule has 0 saturated heterocycles. The number of aryl methyl sites for hydroxylation is 1. The molecule has 0 N–H and O–H groups in total. The molecule has 0 amide bonds. The molecule has 110 valence electrons. The van der Waals surface area contributed by atoms with Gasteiger partial charge in [0.05, 0.1) is 21.3 Å². The van der Waals surface area contributed by atoms with Crippen molar-refractivity contribution in [2.75, 3.05) is 21.3 Å². The van der Waals surface area contributed by atoms with Gasteiger partial charge in [0.2, 0.25) is 0 Å². The third-order valence-corrected chi connectivity index (χ3v) is 4.05. The number of benzene rings is 1. The summed E-state index contributed by atoms with van der Waals surface area (Å²) in [5.41, 5.74) is 0.905. The van der Waals surface area contributed by atoms with Gasteiger partial charge >= 0.3 is 5.97 Å². The molecule has 0 bridgehead atoms. The smallest absolute Gasteiger partial charge is 0.348 e. The zero-order chi connectivity index (χ0) is 15.3. The average molecular weight is 296 g/mol. The first-order valence-corrected chi connectivity index (χ1v) is 7.17. The Labute approximate surface area is 123 Å². The van der Waals surface area contributed by atoms with Crippen molar-refractivity contribution in [3.63, 3.8) is 0 Å². The summed E-state index contributed by atoms with van der Waals surface area (Å²) in [4.78, 5) is 12.3. The van der Waals surface area contributed by atoms with Crippen molar-refractivity contribution >= 4 is 27.4 Å². The summed E-state index contributed by atoms with van der Waals surface area (Å²) in [6, 6.07) is 3.75. The molecule has 4 nitrogen and oxygen atoms in total. The second-order valence-corrected chi connectivity index (χ2v) is 4.80. The van der Waals surface area contributed by atoms with Gasteiger partial charge in [-0.2, -0.15) is 0 Å². The highest BCUT2D eigenvalue weighted by Gasteiger charge is 2.18. The van der Waals surface area contributed by atoms with Gasteiger partial charge in [-0.3, -0.25) is 0 Å². The lowest BCUT2D eigenvalue weighted by Crippen LogP contribution is -1.99. The molecule has 2 aromatic rings. The molecule has 0 aliphatic carbocycles. The summed E-state index contributed by atoms with van der Waals surface area (Å²) in [5.74, 6) is 0.997. The van der Waals surface area contributed by atoms with Gasteiger partial charge < -0.3 is 14.2 Å². The normalized spacial score (nSPS) is 9.70. The Balaban J connectivity index is 0.000000956. The molecule has 1 heterocycles. The maximum Gasteiger partial charge on any atom is 0.348 e. The van der Waals surface area contributed by atoms with Crippen LogP contribution >= 0.6 is 11.3 Å². The maximum atomic E-state index is 11.6. The van der Waals surface area contributed by atoms with Crippen molar-refractivity contribution in [1.29, 1.82) is 0 Å². The Morgan fingerprint density at radius 3 is 2.10 bits per heavy atom. The molecule has 5 heteroatoms. The van der Waals surface area contributed by atoms with Crippen molar-refractivity contribution in [1.82, 2.24) is 0 Å². The number of carbonyl (C=O) groups excluding carboxylic acids is 1. The topological polar surface area (TPSA) is 44.8 Å². The number of methoxy groups -OCH3 is 3. The molecule has 20 heavy (non-hydrogen) atoms. The van der Waals surface area contributed by atoms with Gasteiger partial charge in [-0.05, 0) is 18.6 Å². The molecule has 1 aromatic heterocycles. The van der Waals surface area contributed by atoms with Crippen molar-refractivity contribution < 1.29 is 19.0 Å². The summed E-state index contributed by atoms with van der Waals surface area (Å²) in [6.45, 7) is 5.90. The summed E-state index contributed by atoms with van der Waals surface area (Å²) in [7, 11) is 4.56. The lowest BCUT2D eigenvalue weighted by Gasteiger charge is -2.07. The van der Waals surface area contributed by atoms with Crippen LogP contribution in [0.4, 0.5) is 0 Å². The highest BCUT2D eigenvalue weighted by molar-refractivity contribution is 7.21. The van der Waals surface area contributed by atoms with E-state index in [-0.39, 0.29) is 5.97 Å². The minimum atomic E-state index is -0.313. The Hall–Kier alpha value is -1.75. The van der Waals surface area contributed by atoms with E-state index in [0.29, 0.717) is 16.4 Å². The average Bonchev–Trinajstić information content (AvgIpc) is 2.83. The maximum absolute atomic E-state index is 11.6. The van der Waals surface area contributed by atoms with Crippen LogP contribution in [0.15, 0.2) is 12.1 Å². The number of thiophene rings is 1. The van der Waals surface area contributed by atoms with E-state index in [1.165, 1.54) is 18.4 Å². The lowest BCUT2D eigenvalue weighted by molar-refractivity contribution is 0.0605. The minimum absolute atomic E-state index is 0.313. The van der Waals surface area contributed by atoms with Crippen LogP contribution < -0.4 is 9.47 Å². The van der Waals surface area contributed by atoms with E-state index in [1.807, 2.05) is 32.9 Å². The lowest BCUT2D eigenvalue weighted by atomic mass is 10.1. The summed E-state index contributed by atoms with van der Waals surface area (Å²) in [5, 5.41) is 0.984. The van der Waals surface area contributed by atoms with Gasteiger partial charge in [-0.25, -0.2) is 4.79 Å². The second kappa shape index (κ2) is 7.14. The molecule has 2 rings (SSSR count). The zero-order valence-electron chi connectivity index (χ0n) is 12.7. The van der Waals surface area contributed by atoms with Gasteiger partial charge in [-0.1, -0.05) is 13.8 Å². The van der Waals surface area contributed by atoms with Gasteiger partial charge in [0, 0.05) is 16.2 Å². The number of fused-ring (bicyclic) bond motifs is 1. The predicted molar refractivity (Wildman–Crippen MR) is 82.4 cm³/mol. The van der Waals surface area contributed by atoms with Crippen LogP contribution in [0.25, 0.3) is 10.1 Å². The summed E-state index contributed by atoms with van der Waals surface area (Å²) >= 11 is 1.40. The Kier molecular flexibility index (Phi) is 5.82. The van der Waals surface area contributed by atoms with Crippen LogP contribution in [0.5, 0.6) is 11.5 Å². The fourth-order valence-electron chi connectivity index (χ4n) is 1.83. The van der Waals surface area contributed by atoms with E-state index >= 15 is 0 Å². The quantitative estimate of drug-likeness (QED) is 0.802. The van der Waals surface area contributed by atoms with Gasteiger partial charge in [0.25, 0.3) is 0 Å². The van der Waals surface area contributed by atoms with Crippen LogP contribution in [0.2, 0.25) is 0 Å². The molecule has 0 radical (unpaired) electrons. The third-order valence-electron chi connectivity index (χ3n) is 2.81. The third kappa shape index (κ3) is 2.88. The van der Waals surface area contributed by atoms with E-state index in [9.17, 15) is 4.79 Å². The fraction of sp³-hybridized carbons (Fsp3) is 0.400. The summed E-state index contributed by atoms with van der Waals surface area (Å²) < 4.78 is 16.3. The molecule has 0 atom stereocenters. The molecule has 0 saturated carbocycles. The van der Waals surface area contributed by atoms with Crippen LogP contribution in [0.3, 0.4) is 0 Å². The second-order valence-electron chi connectivity index (χ2n) is 3.75. The first kappa shape index (κ1) is 16.3. The Morgan fingerprint density at radius 2 is 1.60 bits per heavy atom. The SMILES string of the molecule is CC.COC(=O)c1sc2cc(OC)c(OC)cc2c1C. The fourth-order valence-corrected chi connectivity index (χ4v) is 2.97. The van der Waals surface area contributed by atoms with E-state index in [4.69, 9.17) is 14.2 Å². The van der Waals surface area contributed by atoms with Crippen molar-refractivity contribution in [3.8, 4) is 11.5 Å². The first-order chi connectivity index (χ1) is 9.62. The van der Waals surface area contributed by atoms with Gasteiger partial charge in [0.15, 0.2) is 11.5 Å². The Bertz CT molecular complexity index is 601. The van der Waals surface area contributed by atoms with Crippen LogP contribution in [-0.4, -0.2) is 27.3 Å². The minimum Gasteiger partial charge on any atom is -0.493 e. The number of hydrogen-bond acceptors (Lipinski definition) is 5. The first-order valence-electron chi connectivity index (χ1n) is 6.35. The number of rotatable bonds is 3. The van der Waals surface area contributed by atoms with Crippen LogP contribution in [0.1, 0.15) is 29.1 Å². The van der Waals surface area contributed by atoms with Gasteiger partial charge in [-0.15, -0.1) is 11.3 Å². The van der Waals surface area contributed by atoms with E-state index in [2.05, 4.69) is 0 Å². The molecule has 0 aliphatic rings. The molecule has 1 aromatic carbocycles. The molecule has 0 aliphatic heterocycles. The van der Waals surface area contributed by atoms with Crippen molar-refractivity contribution in [3.05, 3.63) is 22.6 Å². The predicted octanol–water partition coefficient (Wildman–Crippen LogP) is 4.04. The van der Waals surface area contributed by atoms with E-state index in [1.54, 1.807) is 14.2 Å². The van der Waals surface area contributed by atoms with Gasteiger partial charge in [0.1, 0.15) is 4.88 Å². The number of ether oxygens (including phenoxy) is 3. The Morgan fingerprint density at radius 1 is 1.05 bits per heavy atom. The zero-order valence-corrected chi connectivity index (χ0v) is 13.5. The van der Waals surface area contributed by atoms with Crippen molar-refractivity contribution in [2.24, 2.45) is 0 Å². The standard InChI is InChI=1S/C13H14O4S.C2H6/c1-7-8-5-9(15-2)10(16-3)6-11(8)18-12(7)13(14)17-4;1-2/h5-6H,1-4H3;1-2H3. The number of esters is 1. The highest BCUT2D eigenvalue weighted by Crippen LogP contribution is 2.39. The van der Waals surface area contributed by atoms with Crippen LogP contribution in [-0.2, 0) is 4.74 Å². The number of hydrogen-bond donors (Lipinski definition) is 0. The number of carbonyl (C=O) groups is 1. The molecule has 0 unspecified atom stereocenters. The molecular formula is C15H20O4S. The highest BCUT2D eigenvalue weighted by atomic mass is 32.1. The molecular weight excluding hydrogens is 276 g/mol. The summed E-state index contributed by atoms with van der Waals surface area (Å²) in [6.07, 6.45) is 0. The van der Waals surface area contributed by atoms with E-state index in [0.717, 1.165) is 15.6 Å². The monoisotopic (exact) mass is 296 g/mol. The van der Waals surface area contributed by atoms with Crippen molar-refractivity contribution in [2.45, 2.75) is 20.8 Å². The molecule has 0 spiro atoms. The van der Waals surface area contributed by atoms with Crippen LogP contribution in [0, 0.1) is 6.92 Å². The largest absolute Gasteiger partial charge is 0.493 e. The molecule has 0 fully saturated rings.